The van der Waals surface area contributed by atoms with Crippen LogP contribution in [0.4, 0.5) is 0 Å². The Bertz CT molecular complexity index is 618. The van der Waals surface area contributed by atoms with E-state index in [4.69, 9.17) is 5.73 Å². The van der Waals surface area contributed by atoms with Crippen LogP contribution in [0, 0.1) is 0 Å². The zero-order valence-electron chi connectivity index (χ0n) is 9.17. The minimum atomic E-state index is -0.348. The fourth-order valence-corrected chi connectivity index (χ4v) is 3.07. The lowest BCUT2D eigenvalue weighted by molar-refractivity contribution is -0.117. The van der Waals surface area contributed by atoms with E-state index in [-0.39, 0.29) is 17.9 Å². The summed E-state index contributed by atoms with van der Waals surface area (Å²) in [5.41, 5.74) is 5.72. The Labute approximate surface area is 106 Å². The molecule has 2 heterocycles. The van der Waals surface area contributed by atoms with Gasteiger partial charge in [-0.15, -0.1) is 11.3 Å². The Morgan fingerprint density at radius 1 is 1.65 bits per heavy atom. The van der Waals surface area contributed by atoms with Gasteiger partial charge in [0.15, 0.2) is 5.16 Å². The molecule has 2 N–H and O–H groups in total. The Kier molecular flexibility index (Phi) is 3.49. The van der Waals surface area contributed by atoms with Crippen LogP contribution in [0.15, 0.2) is 21.4 Å². The summed E-state index contributed by atoms with van der Waals surface area (Å²) in [6, 6.07) is 1.82. The van der Waals surface area contributed by atoms with Crippen molar-refractivity contribution in [2.24, 2.45) is 12.8 Å². The molecule has 17 heavy (non-hydrogen) atoms. The predicted molar refractivity (Wildman–Crippen MR) is 69.4 cm³/mol. The van der Waals surface area contributed by atoms with Crippen LogP contribution in [0.1, 0.15) is 6.42 Å². The van der Waals surface area contributed by atoms with E-state index in [9.17, 15) is 9.59 Å². The number of nitrogens with zero attached hydrogens (tertiary/aromatic N) is 2. The first-order valence-corrected chi connectivity index (χ1v) is 6.81. The summed E-state index contributed by atoms with van der Waals surface area (Å²) < 4.78 is 2.16. The van der Waals surface area contributed by atoms with E-state index in [1.807, 2.05) is 11.4 Å². The molecule has 2 aromatic heterocycles. The Balaban J connectivity index is 2.31. The van der Waals surface area contributed by atoms with E-state index in [0.29, 0.717) is 21.1 Å². The maximum absolute atomic E-state index is 11.9. The van der Waals surface area contributed by atoms with Gasteiger partial charge in [-0.3, -0.25) is 14.2 Å². The van der Waals surface area contributed by atoms with Crippen molar-refractivity contribution in [1.29, 1.82) is 0 Å². The van der Waals surface area contributed by atoms with Crippen molar-refractivity contribution in [2.45, 2.75) is 11.6 Å². The van der Waals surface area contributed by atoms with Crippen LogP contribution < -0.4 is 11.3 Å². The van der Waals surface area contributed by atoms with Crippen LogP contribution >= 0.6 is 23.1 Å². The third-order valence-electron chi connectivity index (χ3n) is 2.23. The summed E-state index contributed by atoms with van der Waals surface area (Å²) in [6.45, 7) is 0. The zero-order valence-corrected chi connectivity index (χ0v) is 10.8. The monoisotopic (exact) mass is 269 g/mol. The normalized spacial score (nSPS) is 10.9. The van der Waals surface area contributed by atoms with Crippen molar-refractivity contribution in [1.82, 2.24) is 9.55 Å². The lowest BCUT2D eigenvalue weighted by Crippen LogP contribution is -2.19. The highest BCUT2D eigenvalue weighted by Gasteiger charge is 2.09. The average Bonchev–Trinajstić information content (AvgIpc) is 2.72. The van der Waals surface area contributed by atoms with Crippen LogP contribution in [0.2, 0.25) is 0 Å². The van der Waals surface area contributed by atoms with Gasteiger partial charge in [0.2, 0.25) is 5.91 Å². The van der Waals surface area contributed by atoms with E-state index in [1.165, 1.54) is 27.7 Å². The van der Waals surface area contributed by atoms with E-state index in [1.54, 1.807) is 7.05 Å². The number of fused-ring (bicyclic) bond motifs is 1. The quantitative estimate of drug-likeness (QED) is 0.662. The third-order valence-corrected chi connectivity index (χ3v) is 4.15. The number of thiophene rings is 1. The maximum atomic E-state index is 11.9. The van der Waals surface area contributed by atoms with Gasteiger partial charge in [0.25, 0.3) is 5.56 Å². The van der Waals surface area contributed by atoms with Crippen molar-refractivity contribution in [3.63, 3.8) is 0 Å². The molecule has 0 unspecified atom stereocenters. The summed E-state index contributed by atoms with van der Waals surface area (Å²) in [6.07, 6.45) is 0.280. The molecule has 0 bridgehead atoms. The summed E-state index contributed by atoms with van der Waals surface area (Å²) in [7, 11) is 1.68. The molecular weight excluding hydrogens is 258 g/mol. The molecule has 2 rings (SSSR count). The van der Waals surface area contributed by atoms with E-state index in [2.05, 4.69) is 4.98 Å². The van der Waals surface area contributed by atoms with Crippen molar-refractivity contribution in [3.8, 4) is 0 Å². The second kappa shape index (κ2) is 4.89. The minimum absolute atomic E-state index is 0.0495. The molecule has 0 aliphatic rings. The molecule has 1 amide bonds. The predicted octanol–water partition coefficient (Wildman–Crippen LogP) is 0.962. The Morgan fingerprint density at radius 2 is 2.41 bits per heavy atom. The number of aromatic nitrogens is 2. The first-order valence-electron chi connectivity index (χ1n) is 4.95. The number of primary amides is 1. The molecule has 0 atom stereocenters. The number of carbonyl (C=O) groups excluding carboxylic acids is 1. The summed E-state index contributed by atoms with van der Waals surface area (Å²) in [5.74, 6) is 0.185. The van der Waals surface area contributed by atoms with Gasteiger partial charge in [0, 0.05) is 19.2 Å². The van der Waals surface area contributed by atoms with E-state index in [0.717, 1.165) is 0 Å². The Hall–Kier alpha value is -1.34. The van der Waals surface area contributed by atoms with Gasteiger partial charge >= 0.3 is 0 Å². The lowest BCUT2D eigenvalue weighted by Gasteiger charge is -2.05. The molecule has 0 fully saturated rings. The minimum Gasteiger partial charge on any atom is -0.370 e. The average molecular weight is 269 g/mol. The molecule has 0 spiro atoms. The van der Waals surface area contributed by atoms with Gasteiger partial charge in [-0.2, -0.15) is 0 Å². The summed E-state index contributed by atoms with van der Waals surface area (Å²) >= 11 is 2.75. The van der Waals surface area contributed by atoms with Gasteiger partial charge in [0.1, 0.15) is 4.70 Å². The van der Waals surface area contributed by atoms with Crippen molar-refractivity contribution < 1.29 is 4.79 Å². The van der Waals surface area contributed by atoms with Crippen LogP contribution in [0.25, 0.3) is 10.2 Å². The highest BCUT2D eigenvalue weighted by Crippen LogP contribution is 2.20. The Morgan fingerprint density at radius 3 is 3.12 bits per heavy atom. The maximum Gasteiger partial charge on any atom is 0.271 e. The standard InChI is InChI=1S/C10H11N3O2S2/c1-13-9(15)8-6(2-4-16-8)12-10(13)17-5-3-7(11)14/h2,4H,3,5H2,1H3,(H2,11,14). The number of rotatable bonds is 4. The molecule has 0 aliphatic carbocycles. The molecule has 2 aromatic rings. The molecule has 7 heteroatoms. The largest absolute Gasteiger partial charge is 0.370 e. The molecule has 0 aliphatic heterocycles. The zero-order chi connectivity index (χ0) is 12.4. The number of nitrogens with two attached hydrogens (primary N) is 1. The molecule has 90 valence electrons. The fourth-order valence-electron chi connectivity index (χ4n) is 1.34. The highest BCUT2D eigenvalue weighted by molar-refractivity contribution is 7.99. The van der Waals surface area contributed by atoms with Crippen LogP contribution in [0.5, 0.6) is 0 Å². The first kappa shape index (κ1) is 12.1. The second-order valence-electron chi connectivity index (χ2n) is 3.46. The second-order valence-corrected chi connectivity index (χ2v) is 5.44. The molecule has 0 saturated carbocycles. The smallest absolute Gasteiger partial charge is 0.271 e. The number of hydrogen-bond acceptors (Lipinski definition) is 5. The van der Waals surface area contributed by atoms with Gasteiger partial charge < -0.3 is 5.73 Å². The van der Waals surface area contributed by atoms with Crippen LogP contribution in [-0.2, 0) is 11.8 Å². The van der Waals surface area contributed by atoms with Gasteiger partial charge in [-0.05, 0) is 11.4 Å². The SMILES string of the molecule is Cn1c(SCCC(N)=O)nc2ccsc2c1=O. The van der Waals surface area contributed by atoms with Gasteiger partial charge in [-0.25, -0.2) is 4.98 Å². The number of carbonyl (C=O) groups is 1. The summed E-state index contributed by atoms with van der Waals surface area (Å²) in [5, 5.41) is 2.46. The van der Waals surface area contributed by atoms with Crippen LogP contribution in [-0.4, -0.2) is 21.2 Å². The molecule has 0 aromatic carbocycles. The molecular formula is C10H11N3O2S2. The lowest BCUT2D eigenvalue weighted by atomic mass is 10.5. The highest BCUT2D eigenvalue weighted by atomic mass is 32.2. The van der Waals surface area contributed by atoms with Crippen LogP contribution in [0.3, 0.4) is 0 Å². The topological polar surface area (TPSA) is 78.0 Å². The molecule has 0 radical (unpaired) electrons. The summed E-state index contributed by atoms with van der Waals surface area (Å²) in [4.78, 5) is 26.9. The molecule has 0 saturated heterocycles. The number of hydrogen-bond donors (Lipinski definition) is 1. The molecule has 5 nitrogen and oxygen atoms in total. The third kappa shape index (κ3) is 2.50. The van der Waals surface area contributed by atoms with Gasteiger partial charge in [-0.1, -0.05) is 11.8 Å². The number of amides is 1. The van der Waals surface area contributed by atoms with Gasteiger partial charge in [0.05, 0.1) is 5.52 Å². The number of thioether (sulfide) groups is 1. The van der Waals surface area contributed by atoms with Crippen molar-refractivity contribution in [3.05, 3.63) is 21.8 Å². The van der Waals surface area contributed by atoms with E-state index >= 15 is 0 Å². The van der Waals surface area contributed by atoms with Crippen molar-refractivity contribution in [2.75, 3.05) is 5.75 Å². The fraction of sp³-hybridized carbons (Fsp3) is 0.300. The van der Waals surface area contributed by atoms with E-state index < -0.39 is 0 Å². The van der Waals surface area contributed by atoms with Crippen molar-refractivity contribution >= 4 is 39.2 Å². The first-order chi connectivity index (χ1) is 8.09.